The summed E-state index contributed by atoms with van der Waals surface area (Å²) in [6.45, 7) is 0. The molecule has 112 valence electrons. The van der Waals surface area contributed by atoms with Gasteiger partial charge in [-0.2, -0.15) is 0 Å². The summed E-state index contributed by atoms with van der Waals surface area (Å²) in [4.78, 5) is 11.9. The van der Waals surface area contributed by atoms with Crippen molar-refractivity contribution in [1.29, 1.82) is 0 Å². The van der Waals surface area contributed by atoms with E-state index in [1.54, 1.807) is 19.2 Å². The third-order valence-corrected chi connectivity index (χ3v) is 3.52. The number of rotatable bonds is 3. The van der Waals surface area contributed by atoms with Gasteiger partial charge >= 0.3 is 5.97 Å². The number of carbonyl (C=O) groups excluding carboxylic acids is 1. The van der Waals surface area contributed by atoms with Crippen molar-refractivity contribution in [2.45, 2.75) is 0 Å². The number of phenols is 1. The molecule has 0 unspecified atom stereocenters. The van der Waals surface area contributed by atoms with Crippen molar-refractivity contribution >= 4 is 16.9 Å². The zero-order valence-electron chi connectivity index (χ0n) is 12.1. The standard InChI is InChI=1S/C17H14O5/c1-20-11-5-3-10(4-6-11)13-9-14(17(19)21-2)15(18)12-7-8-22-16(12)13/h3-9,18H,1-2H3. The fourth-order valence-corrected chi connectivity index (χ4v) is 2.38. The van der Waals surface area contributed by atoms with Crippen LogP contribution in [0.3, 0.4) is 0 Å². The zero-order chi connectivity index (χ0) is 15.7. The highest BCUT2D eigenvalue weighted by atomic mass is 16.5. The minimum atomic E-state index is -0.602. The summed E-state index contributed by atoms with van der Waals surface area (Å²) in [7, 11) is 2.87. The number of aromatic hydroxyl groups is 1. The smallest absolute Gasteiger partial charge is 0.341 e. The average Bonchev–Trinajstić information content (AvgIpc) is 3.05. The van der Waals surface area contributed by atoms with Crippen LogP contribution in [-0.4, -0.2) is 25.3 Å². The fourth-order valence-electron chi connectivity index (χ4n) is 2.38. The summed E-state index contributed by atoms with van der Waals surface area (Å²) in [5.74, 6) is -0.0189. The van der Waals surface area contributed by atoms with Crippen molar-refractivity contribution in [3.8, 4) is 22.6 Å². The van der Waals surface area contributed by atoms with Crippen LogP contribution in [0.4, 0.5) is 0 Å². The fraction of sp³-hybridized carbons (Fsp3) is 0.118. The second kappa shape index (κ2) is 5.44. The van der Waals surface area contributed by atoms with Gasteiger partial charge in [0.25, 0.3) is 0 Å². The van der Waals surface area contributed by atoms with E-state index in [0.717, 1.165) is 11.3 Å². The molecule has 22 heavy (non-hydrogen) atoms. The number of benzene rings is 2. The number of phenolic OH excluding ortho intramolecular Hbond substituents is 1. The third-order valence-electron chi connectivity index (χ3n) is 3.52. The van der Waals surface area contributed by atoms with E-state index in [9.17, 15) is 9.90 Å². The SMILES string of the molecule is COC(=O)c1cc(-c2ccc(OC)cc2)c2occc2c1O. The molecule has 5 heteroatoms. The highest BCUT2D eigenvalue weighted by molar-refractivity contribution is 6.05. The number of fused-ring (bicyclic) bond motifs is 1. The van der Waals surface area contributed by atoms with E-state index in [-0.39, 0.29) is 11.3 Å². The number of methoxy groups -OCH3 is 2. The van der Waals surface area contributed by atoms with Gasteiger partial charge < -0.3 is 19.0 Å². The second-order valence-corrected chi connectivity index (χ2v) is 4.70. The molecule has 0 amide bonds. The Morgan fingerprint density at radius 1 is 1.14 bits per heavy atom. The number of hydrogen-bond donors (Lipinski definition) is 1. The van der Waals surface area contributed by atoms with Gasteiger partial charge in [-0.05, 0) is 29.8 Å². The Kier molecular flexibility index (Phi) is 3.47. The Hall–Kier alpha value is -2.95. The zero-order valence-corrected chi connectivity index (χ0v) is 12.1. The molecule has 0 bridgehead atoms. The van der Waals surface area contributed by atoms with Crippen LogP contribution < -0.4 is 4.74 Å². The quantitative estimate of drug-likeness (QED) is 0.748. The maximum Gasteiger partial charge on any atom is 0.341 e. The van der Waals surface area contributed by atoms with E-state index in [1.165, 1.54) is 13.4 Å². The van der Waals surface area contributed by atoms with Crippen LogP contribution in [0.5, 0.6) is 11.5 Å². The Bertz CT molecular complexity index is 830. The lowest BCUT2D eigenvalue weighted by molar-refractivity contribution is 0.0598. The van der Waals surface area contributed by atoms with Gasteiger partial charge in [-0.15, -0.1) is 0 Å². The molecule has 3 aromatic rings. The van der Waals surface area contributed by atoms with Crippen molar-refractivity contribution in [2.24, 2.45) is 0 Å². The van der Waals surface area contributed by atoms with Crippen LogP contribution >= 0.6 is 0 Å². The molecule has 2 aromatic carbocycles. The summed E-state index contributed by atoms with van der Waals surface area (Å²) in [5, 5.41) is 10.7. The van der Waals surface area contributed by atoms with Crippen LogP contribution in [0.25, 0.3) is 22.1 Å². The molecule has 0 spiro atoms. The van der Waals surface area contributed by atoms with E-state index in [4.69, 9.17) is 13.9 Å². The molecular weight excluding hydrogens is 284 g/mol. The summed E-state index contributed by atoms with van der Waals surface area (Å²) >= 11 is 0. The molecule has 0 radical (unpaired) electrons. The van der Waals surface area contributed by atoms with Gasteiger partial charge in [0, 0.05) is 5.56 Å². The first-order valence-electron chi connectivity index (χ1n) is 6.61. The highest BCUT2D eigenvalue weighted by Gasteiger charge is 2.20. The van der Waals surface area contributed by atoms with Crippen LogP contribution in [0, 0.1) is 0 Å². The molecule has 1 heterocycles. The maximum atomic E-state index is 11.9. The summed E-state index contributed by atoms with van der Waals surface area (Å²) in [5.41, 5.74) is 2.14. The molecule has 0 aliphatic carbocycles. The largest absolute Gasteiger partial charge is 0.506 e. The average molecular weight is 298 g/mol. The summed E-state index contributed by atoms with van der Waals surface area (Å²) in [6.07, 6.45) is 1.47. The normalized spacial score (nSPS) is 10.6. The number of ether oxygens (including phenoxy) is 2. The van der Waals surface area contributed by atoms with Gasteiger partial charge in [0.2, 0.25) is 0 Å². The van der Waals surface area contributed by atoms with E-state index < -0.39 is 5.97 Å². The topological polar surface area (TPSA) is 68.9 Å². The monoisotopic (exact) mass is 298 g/mol. The Morgan fingerprint density at radius 3 is 2.50 bits per heavy atom. The molecule has 0 fully saturated rings. The first-order chi connectivity index (χ1) is 10.7. The molecule has 1 aromatic heterocycles. The maximum absolute atomic E-state index is 11.9. The minimum absolute atomic E-state index is 0.0993. The van der Waals surface area contributed by atoms with Gasteiger partial charge in [-0.1, -0.05) is 12.1 Å². The van der Waals surface area contributed by atoms with Crippen LogP contribution in [0.2, 0.25) is 0 Å². The first-order valence-corrected chi connectivity index (χ1v) is 6.61. The van der Waals surface area contributed by atoms with Crippen molar-refractivity contribution in [2.75, 3.05) is 14.2 Å². The van der Waals surface area contributed by atoms with E-state index in [2.05, 4.69) is 0 Å². The molecule has 0 atom stereocenters. The molecule has 1 N–H and O–H groups in total. The molecular formula is C17H14O5. The first kappa shape index (κ1) is 14.0. The number of carbonyl (C=O) groups is 1. The third kappa shape index (κ3) is 2.16. The molecule has 0 aliphatic rings. The van der Waals surface area contributed by atoms with Crippen molar-refractivity contribution in [1.82, 2.24) is 0 Å². The molecule has 0 saturated heterocycles. The minimum Gasteiger partial charge on any atom is -0.506 e. The van der Waals surface area contributed by atoms with Crippen molar-refractivity contribution in [3.63, 3.8) is 0 Å². The second-order valence-electron chi connectivity index (χ2n) is 4.70. The van der Waals surface area contributed by atoms with Crippen LogP contribution in [0.1, 0.15) is 10.4 Å². The van der Waals surface area contributed by atoms with E-state index in [0.29, 0.717) is 16.5 Å². The van der Waals surface area contributed by atoms with Gasteiger partial charge in [-0.3, -0.25) is 0 Å². The molecule has 5 nitrogen and oxygen atoms in total. The Balaban J connectivity index is 2.25. The predicted molar refractivity (Wildman–Crippen MR) is 81.2 cm³/mol. The van der Waals surface area contributed by atoms with Gasteiger partial charge in [-0.25, -0.2) is 4.79 Å². The van der Waals surface area contributed by atoms with E-state index >= 15 is 0 Å². The molecule has 3 rings (SSSR count). The van der Waals surface area contributed by atoms with Gasteiger partial charge in [0.1, 0.15) is 22.6 Å². The Labute approximate surface area is 126 Å². The number of hydrogen-bond acceptors (Lipinski definition) is 5. The van der Waals surface area contributed by atoms with Gasteiger partial charge in [0.15, 0.2) is 0 Å². The summed E-state index contributed by atoms with van der Waals surface area (Å²) < 4.78 is 15.3. The number of esters is 1. The summed E-state index contributed by atoms with van der Waals surface area (Å²) in [6, 6.07) is 10.5. The lowest BCUT2D eigenvalue weighted by Gasteiger charge is -2.09. The van der Waals surface area contributed by atoms with Gasteiger partial charge in [0.05, 0.1) is 25.9 Å². The molecule has 0 saturated carbocycles. The van der Waals surface area contributed by atoms with Crippen LogP contribution in [0.15, 0.2) is 47.1 Å². The van der Waals surface area contributed by atoms with Crippen molar-refractivity contribution in [3.05, 3.63) is 48.2 Å². The molecule has 0 aliphatic heterocycles. The Morgan fingerprint density at radius 2 is 1.86 bits per heavy atom. The van der Waals surface area contributed by atoms with Crippen molar-refractivity contribution < 1.29 is 23.8 Å². The predicted octanol–water partition coefficient (Wildman–Crippen LogP) is 3.60. The lowest BCUT2D eigenvalue weighted by atomic mass is 9.99. The van der Waals surface area contributed by atoms with E-state index in [1.807, 2.05) is 24.3 Å². The number of furan rings is 1. The highest BCUT2D eigenvalue weighted by Crippen LogP contribution is 2.38. The lowest BCUT2D eigenvalue weighted by Crippen LogP contribution is -2.02. The van der Waals surface area contributed by atoms with Crippen LogP contribution in [-0.2, 0) is 4.74 Å².